The van der Waals surface area contributed by atoms with Crippen LogP contribution in [0.1, 0.15) is 53.0 Å². The number of ether oxygens (including phenoxy) is 2. The first-order valence-electron chi connectivity index (χ1n) is 19.7. The molecule has 0 aromatic heterocycles. The second-order valence-electron chi connectivity index (χ2n) is 14.8. The summed E-state index contributed by atoms with van der Waals surface area (Å²) in [5, 5.41) is 4.03. The number of rotatable bonds is 11. The molecule has 0 bridgehead atoms. The number of nitrogens with zero attached hydrogens (tertiary/aromatic N) is 4. The Bertz CT molecular complexity index is 2420. The van der Waals surface area contributed by atoms with E-state index in [1.165, 1.54) is 0 Å². The van der Waals surface area contributed by atoms with E-state index < -0.39 is 25.2 Å². The van der Waals surface area contributed by atoms with Gasteiger partial charge < -0.3 is 33.9 Å². The van der Waals surface area contributed by atoms with E-state index in [1.807, 2.05) is 74.5 Å². The average molecular weight is 847 g/mol. The van der Waals surface area contributed by atoms with Gasteiger partial charge in [-0.3, -0.25) is 19.5 Å². The van der Waals surface area contributed by atoms with Crippen LogP contribution < -0.4 is 29.6 Å². The lowest BCUT2D eigenvalue weighted by Gasteiger charge is -2.38. The van der Waals surface area contributed by atoms with Crippen molar-refractivity contribution >= 4 is 59.5 Å². The monoisotopic (exact) mass is 845 g/mol. The molecule has 60 heavy (non-hydrogen) atoms. The molecule has 15 heteroatoms. The van der Waals surface area contributed by atoms with Crippen molar-refractivity contribution in [3.05, 3.63) is 148 Å². The number of aliphatic imine (C=N–C) groups is 1. The van der Waals surface area contributed by atoms with Gasteiger partial charge in [-0.1, -0.05) is 77.8 Å². The summed E-state index contributed by atoms with van der Waals surface area (Å²) in [6, 6.07) is 33.2. The highest BCUT2D eigenvalue weighted by atomic mass is 35.5. The van der Waals surface area contributed by atoms with Gasteiger partial charge in [-0.2, -0.15) is 0 Å². The van der Waals surface area contributed by atoms with Gasteiger partial charge in [0.05, 0.1) is 24.8 Å². The van der Waals surface area contributed by atoms with E-state index >= 15 is 4.79 Å². The van der Waals surface area contributed by atoms with E-state index in [9.17, 15) is 9.59 Å². The van der Waals surface area contributed by atoms with Gasteiger partial charge in [-0.25, -0.2) is 4.79 Å². The first-order valence-corrected chi connectivity index (χ1v) is 20.4. The molecule has 8 rings (SSSR count). The highest BCUT2D eigenvalue weighted by molar-refractivity contribution is 6.63. The van der Waals surface area contributed by atoms with Gasteiger partial charge in [0.1, 0.15) is 41.4 Å². The molecule has 3 aliphatic rings. The molecule has 4 amide bonds. The fraction of sp³-hybridized carbons (Fsp3) is 0.244. The van der Waals surface area contributed by atoms with Crippen molar-refractivity contribution in [2.75, 3.05) is 39.8 Å². The van der Waals surface area contributed by atoms with Gasteiger partial charge in [0.25, 0.3) is 5.91 Å². The second-order valence-corrected chi connectivity index (χ2v) is 15.7. The summed E-state index contributed by atoms with van der Waals surface area (Å²) in [6.07, 6.45) is -0.193. The summed E-state index contributed by atoms with van der Waals surface area (Å²) in [5.74, 6) is 1.94. The van der Waals surface area contributed by atoms with E-state index in [0.717, 1.165) is 16.6 Å². The quantitative estimate of drug-likeness (QED) is 0.140. The molecule has 0 saturated carbocycles. The van der Waals surface area contributed by atoms with Crippen molar-refractivity contribution in [2.45, 2.75) is 32.0 Å². The van der Waals surface area contributed by atoms with Crippen LogP contribution >= 0.6 is 23.2 Å². The molecule has 306 valence electrons. The van der Waals surface area contributed by atoms with Crippen LogP contribution in [0.2, 0.25) is 10.0 Å². The summed E-state index contributed by atoms with van der Waals surface area (Å²) < 4.78 is 23.7. The Kier molecular flexibility index (Phi) is 11.9. The number of benzene rings is 5. The van der Waals surface area contributed by atoms with Crippen molar-refractivity contribution in [2.24, 2.45) is 4.99 Å². The third-order valence-electron chi connectivity index (χ3n) is 10.5. The third-order valence-corrected chi connectivity index (χ3v) is 11.0. The van der Waals surface area contributed by atoms with Crippen LogP contribution in [0.4, 0.5) is 4.79 Å². The van der Waals surface area contributed by atoms with Gasteiger partial charge in [0, 0.05) is 53.3 Å². The summed E-state index contributed by atoms with van der Waals surface area (Å²) >= 11 is 12.7. The first kappa shape index (κ1) is 40.6. The van der Waals surface area contributed by atoms with Crippen molar-refractivity contribution in [1.82, 2.24) is 20.0 Å². The summed E-state index contributed by atoms with van der Waals surface area (Å²) in [7, 11) is 0.988. The Morgan fingerprint density at radius 2 is 1.57 bits per heavy atom. The first-order chi connectivity index (χ1) is 29.1. The average Bonchev–Trinajstić information content (AvgIpc) is 3.87. The molecule has 0 spiro atoms. The predicted octanol–water partition coefficient (Wildman–Crippen LogP) is 7.19. The highest BCUT2D eigenvalue weighted by Crippen LogP contribution is 2.46. The Hall–Kier alpha value is -6.18. The van der Waals surface area contributed by atoms with Crippen molar-refractivity contribution in [3.8, 4) is 23.0 Å². The number of amidine groups is 1. The van der Waals surface area contributed by atoms with Crippen LogP contribution in [0.25, 0.3) is 0 Å². The minimum absolute atomic E-state index is 0.168. The maximum absolute atomic E-state index is 15.0. The predicted molar refractivity (Wildman–Crippen MR) is 231 cm³/mol. The molecule has 0 aliphatic carbocycles. The number of carbonyl (C=O) groups excluding carboxylic acids is 3. The fourth-order valence-electron chi connectivity index (χ4n) is 7.53. The zero-order valence-corrected chi connectivity index (χ0v) is 34.7. The Morgan fingerprint density at radius 1 is 0.867 bits per heavy atom. The number of halogens is 2. The molecule has 3 heterocycles. The van der Waals surface area contributed by atoms with Crippen molar-refractivity contribution in [3.63, 3.8) is 0 Å². The molecule has 2 atom stereocenters. The molecule has 0 radical (unpaired) electrons. The lowest BCUT2D eigenvalue weighted by molar-refractivity contribution is -0.134. The van der Waals surface area contributed by atoms with Gasteiger partial charge in [0.2, 0.25) is 5.91 Å². The number of urea groups is 1. The van der Waals surface area contributed by atoms with E-state index in [4.69, 9.17) is 47.0 Å². The minimum atomic E-state index is -0.622. The molecule has 3 aliphatic heterocycles. The molecule has 1 saturated heterocycles. The van der Waals surface area contributed by atoms with Crippen LogP contribution in [-0.2, 0) is 4.79 Å². The van der Waals surface area contributed by atoms with Gasteiger partial charge in [0.15, 0.2) is 0 Å². The van der Waals surface area contributed by atoms with Crippen molar-refractivity contribution < 1.29 is 33.2 Å². The fourth-order valence-corrected chi connectivity index (χ4v) is 7.78. The number of fused-ring (bicyclic) bond motifs is 1. The van der Waals surface area contributed by atoms with E-state index in [-0.39, 0.29) is 50.6 Å². The summed E-state index contributed by atoms with van der Waals surface area (Å²) in [6.45, 7) is 4.66. The summed E-state index contributed by atoms with van der Waals surface area (Å²) in [4.78, 5) is 52.0. The SMILES string of the molecule is COc1ccc(C2=N[C@@H](c3ccc(Cl)cc3)[C@@H](c3ccc(Cl)cc3)N2C(=O)N2CCN(CCNC(=O)c3ccc4c(c3)OB(c3ccccc3)O4)C(=O)C2)c(OC(C)C)c1. The number of hydrogen-bond acceptors (Lipinski definition) is 8. The lowest BCUT2D eigenvalue weighted by atomic mass is 9.79. The second kappa shape index (κ2) is 17.6. The molecule has 5 aromatic carbocycles. The number of hydrogen-bond donors (Lipinski definition) is 1. The number of amides is 4. The number of nitrogens with one attached hydrogen (secondary N) is 1. The smallest absolute Gasteiger partial charge is 0.519 e. The van der Waals surface area contributed by atoms with E-state index in [2.05, 4.69) is 5.32 Å². The Labute approximate surface area is 358 Å². The zero-order valence-electron chi connectivity index (χ0n) is 33.2. The van der Waals surface area contributed by atoms with Crippen molar-refractivity contribution in [1.29, 1.82) is 0 Å². The normalized spacial score (nSPS) is 17.2. The maximum Gasteiger partial charge on any atom is 0.632 e. The number of methoxy groups -OCH3 is 1. The number of piperazine rings is 1. The molecular weight excluding hydrogens is 804 g/mol. The van der Waals surface area contributed by atoms with Gasteiger partial charge in [-0.15, -0.1) is 0 Å². The Balaban J connectivity index is 0.998. The highest BCUT2D eigenvalue weighted by Gasteiger charge is 2.45. The maximum atomic E-state index is 15.0. The molecule has 12 nitrogen and oxygen atoms in total. The zero-order chi connectivity index (χ0) is 41.9. The molecular formula is C45H42BCl2N5O7. The molecule has 1 N–H and O–H groups in total. The van der Waals surface area contributed by atoms with Crippen LogP contribution in [0, 0.1) is 0 Å². The van der Waals surface area contributed by atoms with Crippen LogP contribution in [-0.4, -0.2) is 91.4 Å². The standard InChI is InChI=1S/C45H42BCl2N5O7/c1-28(2)58-38-26-35(57-3)18-19-36(38)43-50-41(29-9-14-33(47)15-10-29)42(30-11-16-34(48)17-12-30)53(43)45(56)52-24-23-51(40(54)27-52)22-21-49-44(55)31-13-20-37-39(25-31)60-46(59-37)32-7-5-4-6-8-32/h4-20,25-26,28,41-42H,21-24,27H2,1-3H3,(H,49,55)/t41-,42+/m0/s1. The molecule has 1 fully saturated rings. The van der Waals surface area contributed by atoms with Gasteiger partial charge in [-0.05, 0) is 79.6 Å². The molecule has 5 aromatic rings. The minimum Gasteiger partial charge on any atom is -0.519 e. The van der Waals surface area contributed by atoms with Crippen LogP contribution in [0.15, 0.2) is 120 Å². The Morgan fingerprint density at radius 3 is 2.25 bits per heavy atom. The van der Waals surface area contributed by atoms with Crippen LogP contribution in [0.5, 0.6) is 23.0 Å². The van der Waals surface area contributed by atoms with E-state index in [0.29, 0.717) is 50.0 Å². The topological polar surface area (TPSA) is 122 Å². The molecule has 0 unspecified atom stereocenters. The van der Waals surface area contributed by atoms with E-state index in [1.54, 1.807) is 76.4 Å². The third kappa shape index (κ3) is 8.59. The lowest BCUT2D eigenvalue weighted by Crippen LogP contribution is -2.57. The van der Waals surface area contributed by atoms with Gasteiger partial charge >= 0.3 is 13.1 Å². The van der Waals surface area contributed by atoms with Crippen LogP contribution in [0.3, 0.4) is 0 Å². The number of carbonyl (C=O) groups is 3. The largest absolute Gasteiger partial charge is 0.632 e. The summed E-state index contributed by atoms with van der Waals surface area (Å²) in [5.41, 5.74) is 3.50.